The maximum absolute atomic E-state index is 12.9. The van der Waals surface area contributed by atoms with Crippen molar-refractivity contribution in [1.29, 1.82) is 0 Å². The van der Waals surface area contributed by atoms with E-state index in [-0.39, 0.29) is 13.2 Å². The zero-order valence-electron chi connectivity index (χ0n) is 15.1. The van der Waals surface area contributed by atoms with Gasteiger partial charge in [-0.15, -0.1) is 11.3 Å². The lowest BCUT2D eigenvalue weighted by Crippen LogP contribution is -2.39. The van der Waals surface area contributed by atoms with Crippen molar-refractivity contribution < 1.29 is 17.9 Å². The Morgan fingerprint density at radius 1 is 1.30 bits per heavy atom. The number of alkyl halides is 3. The first kappa shape index (κ1) is 20.9. The molecule has 2 aromatic rings. The summed E-state index contributed by atoms with van der Waals surface area (Å²) in [5.74, 6) is 0.152. The molecule has 0 atom stereocenters. The Balaban J connectivity index is 1.81. The van der Waals surface area contributed by atoms with Crippen LogP contribution in [-0.4, -0.2) is 42.2 Å². The monoisotopic (exact) mass is 401 g/mol. The fourth-order valence-electron chi connectivity index (χ4n) is 2.16. The highest BCUT2D eigenvalue weighted by Gasteiger charge is 2.34. The van der Waals surface area contributed by atoms with Gasteiger partial charge in [0.2, 0.25) is 5.88 Å². The average Bonchev–Trinajstić information content (AvgIpc) is 3.03. The number of rotatable bonds is 8. The molecule has 0 saturated heterocycles. The van der Waals surface area contributed by atoms with E-state index in [2.05, 4.69) is 25.6 Å². The lowest BCUT2D eigenvalue weighted by Gasteiger charge is -2.14. The van der Waals surface area contributed by atoms with Crippen molar-refractivity contribution >= 4 is 17.3 Å². The van der Waals surface area contributed by atoms with E-state index in [0.717, 1.165) is 22.4 Å². The normalized spacial score (nSPS) is 12.1. The predicted molar refractivity (Wildman–Crippen MR) is 99.3 cm³/mol. The fourth-order valence-corrected chi connectivity index (χ4v) is 2.94. The Morgan fingerprint density at radius 2 is 2.11 bits per heavy atom. The molecule has 0 saturated carbocycles. The summed E-state index contributed by atoms with van der Waals surface area (Å²) >= 11 is 1.64. The number of thiazole rings is 1. The zero-order valence-corrected chi connectivity index (χ0v) is 16.0. The first-order chi connectivity index (χ1) is 12.9. The molecule has 0 aliphatic rings. The number of aromatic nitrogens is 2. The summed E-state index contributed by atoms with van der Waals surface area (Å²) in [5.41, 5.74) is -0.885. The minimum atomic E-state index is -4.50. The summed E-state index contributed by atoms with van der Waals surface area (Å²) in [5, 5.41) is 7.13. The first-order valence-electron chi connectivity index (χ1n) is 8.48. The highest BCUT2D eigenvalue weighted by atomic mass is 32.1. The number of pyridine rings is 1. The first-order valence-corrected chi connectivity index (χ1v) is 9.30. The standard InChI is InChI=1S/C17H22F3N5OS/c1-3-21-16(23-8-6-14-25-11-12(2)27-14)24-9-10-26-15-13(17(18,19)20)5-4-7-22-15/h4-5,7,11H,3,6,8-10H2,1-2H3,(H2,21,23,24). The van der Waals surface area contributed by atoms with Crippen LogP contribution in [-0.2, 0) is 12.6 Å². The van der Waals surface area contributed by atoms with Gasteiger partial charge in [0.1, 0.15) is 12.2 Å². The number of nitrogens with zero attached hydrogens (tertiary/aromatic N) is 3. The van der Waals surface area contributed by atoms with E-state index in [1.807, 2.05) is 20.0 Å². The quantitative estimate of drug-likeness (QED) is 0.404. The second kappa shape index (κ2) is 10.1. The van der Waals surface area contributed by atoms with Crippen molar-refractivity contribution in [2.75, 3.05) is 26.2 Å². The van der Waals surface area contributed by atoms with Crippen molar-refractivity contribution in [3.05, 3.63) is 40.0 Å². The van der Waals surface area contributed by atoms with Crippen LogP contribution >= 0.6 is 11.3 Å². The molecule has 0 aliphatic heterocycles. The minimum Gasteiger partial charge on any atom is -0.475 e. The Morgan fingerprint density at radius 3 is 2.78 bits per heavy atom. The van der Waals surface area contributed by atoms with E-state index in [0.29, 0.717) is 19.0 Å². The Kier molecular flexibility index (Phi) is 7.83. The van der Waals surface area contributed by atoms with Crippen LogP contribution in [0.3, 0.4) is 0 Å². The number of aryl methyl sites for hydroxylation is 1. The molecular weight excluding hydrogens is 379 g/mol. The van der Waals surface area contributed by atoms with Crippen LogP contribution in [0.4, 0.5) is 13.2 Å². The van der Waals surface area contributed by atoms with Gasteiger partial charge in [-0.3, -0.25) is 4.99 Å². The van der Waals surface area contributed by atoms with Crippen molar-refractivity contribution in [1.82, 2.24) is 20.6 Å². The molecule has 27 heavy (non-hydrogen) atoms. The van der Waals surface area contributed by atoms with Gasteiger partial charge in [-0.1, -0.05) is 0 Å². The number of guanidine groups is 1. The van der Waals surface area contributed by atoms with E-state index in [4.69, 9.17) is 4.74 Å². The molecule has 0 aliphatic carbocycles. The van der Waals surface area contributed by atoms with Crippen LogP contribution in [0.1, 0.15) is 22.4 Å². The average molecular weight is 401 g/mol. The molecule has 2 aromatic heterocycles. The topological polar surface area (TPSA) is 71.4 Å². The Labute approximate surface area is 159 Å². The summed E-state index contributed by atoms with van der Waals surface area (Å²) in [4.78, 5) is 13.5. The van der Waals surface area contributed by atoms with E-state index in [9.17, 15) is 13.2 Å². The molecule has 2 rings (SSSR count). The third-order valence-electron chi connectivity index (χ3n) is 3.32. The molecule has 148 valence electrons. The van der Waals surface area contributed by atoms with Crippen LogP contribution in [0.15, 0.2) is 29.5 Å². The van der Waals surface area contributed by atoms with Gasteiger partial charge in [-0.25, -0.2) is 9.97 Å². The van der Waals surface area contributed by atoms with Gasteiger partial charge >= 0.3 is 6.18 Å². The summed E-state index contributed by atoms with van der Waals surface area (Å²) in [6.07, 6.45) is -0.669. The van der Waals surface area contributed by atoms with Gasteiger partial charge in [0.15, 0.2) is 5.96 Å². The minimum absolute atomic E-state index is 0.0240. The van der Waals surface area contributed by atoms with Crippen LogP contribution in [0.5, 0.6) is 5.88 Å². The van der Waals surface area contributed by atoms with Crippen molar-refractivity contribution in [2.45, 2.75) is 26.4 Å². The van der Waals surface area contributed by atoms with Crippen LogP contribution < -0.4 is 15.4 Å². The van der Waals surface area contributed by atoms with E-state index < -0.39 is 17.6 Å². The summed E-state index contributed by atoms with van der Waals surface area (Å²) < 4.78 is 43.9. The predicted octanol–water partition coefficient (Wildman–Crippen LogP) is 3.04. The molecule has 0 fully saturated rings. The van der Waals surface area contributed by atoms with Crippen molar-refractivity contribution in [3.8, 4) is 5.88 Å². The highest BCUT2D eigenvalue weighted by molar-refractivity contribution is 7.11. The number of hydrogen-bond acceptors (Lipinski definition) is 5. The van der Waals surface area contributed by atoms with E-state index in [1.165, 1.54) is 12.3 Å². The maximum Gasteiger partial charge on any atom is 0.421 e. The Bertz CT molecular complexity index is 748. The number of halogens is 3. The van der Waals surface area contributed by atoms with Crippen molar-refractivity contribution in [2.24, 2.45) is 4.99 Å². The van der Waals surface area contributed by atoms with Crippen molar-refractivity contribution in [3.63, 3.8) is 0 Å². The molecule has 0 aromatic carbocycles. The zero-order chi connectivity index (χ0) is 19.7. The van der Waals surface area contributed by atoms with Gasteiger partial charge < -0.3 is 15.4 Å². The van der Waals surface area contributed by atoms with Crippen LogP contribution in [0, 0.1) is 6.92 Å². The lowest BCUT2D eigenvalue weighted by molar-refractivity contribution is -0.139. The number of nitrogens with one attached hydrogen (secondary N) is 2. The molecule has 6 nitrogen and oxygen atoms in total. The van der Waals surface area contributed by atoms with E-state index in [1.54, 1.807) is 11.3 Å². The van der Waals surface area contributed by atoms with E-state index >= 15 is 0 Å². The van der Waals surface area contributed by atoms with Gasteiger partial charge in [-0.2, -0.15) is 13.2 Å². The molecule has 0 unspecified atom stereocenters. The second-order valence-electron chi connectivity index (χ2n) is 5.50. The Hall–Kier alpha value is -2.36. The third-order valence-corrected chi connectivity index (χ3v) is 4.29. The number of aliphatic imine (C=N–C) groups is 1. The second-order valence-corrected chi connectivity index (χ2v) is 6.82. The number of hydrogen-bond donors (Lipinski definition) is 2. The molecule has 2 heterocycles. The fraction of sp³-hybridized carbons (Fsp3) is 0.471. The molecule has 2 N–H and O–H groups in total. The number of ether oxygens (including phenoxy) is 1. The summed E-state index contributed by atoms with van der Waals surface area (Å²) in [7, 11) is 0. The smallest absolute Gasteiger partial charge is 0.421 e. The molecule has 10 heteroatoms. The summed E-state index contributed by atoms with van der Waals surface area (Å²) in [6, 6.07) is 2.18. The molecule has 0 amide bonds. The van der Waals surface area contributed by atoms with Gasteiger partial charge in [0.25, 0.3) is 0 Å². The van der Waals surface area contributed by atoms with Gasteiger partial charge in [0, 0.05) is 36.8 Å². The van der Waals surface area contributed by atoms with Gasteiger partial charge in [-0.05, 0) is 26.0 Å². The van der Waals surface area contributed by atoms with Crippen LogP contribution in [0.25, 0.3) is 0 Å². The SMILES string of the molecule is CCNC(=NCCc1ncc(C)s1)NCCOc1ncccc1C(F)(F)F. The maximum atomic E-state index is 12.9. The highest BCUT2D eigenvalue weighted by Crippen LogP contribution is 2.34. The molecule has 0 radical (unpaired) electrons. The lowest BCUT2D eigenvalue weighted by atomic mass is 10.2. The van der Waals surface area contributed by atoms with Crippen LogP contribution in [0.2, 0.25) is 0 Å². The third kappa shape index (κ3) is 7.05. The van der Waals surface area contributed by atoms with Gasteiger partial charge in [0.05, 0.1) is 11.6 Å². The summed E-state index contributed by atoms with van der Waals surface area (Å²) in [6.45, 7) is 5.47. The molecular formula is C17H22F3N5OS. The largest absolute Gasteiger partial charge is 0.475 e. The molecule has 0 bridgehead atoms. The molecule has 0 spiro atoms.